The summed E-state index contributed by atoms with van der Waals surface area (Å²) in [7, 11) is 0. The Morgan fingerprint density at radius 1 is 1.26 bits per heavy atom. The lowest BCUT2D eigenvalue weighted by molar-refractivity contribution is -0.115. The Kier molecular flexibility index (Phi) is 3.44. The first-order valence-corrected chi connectivity index (χ1v) is 5.54. The molecule has 0 radical (unpaired) electrons. The van der Waals surface area contributed by atoms with E-state index in [2.05, 4.69) is 5.32 Å². The van der Waals surface area contributed by atoms with Crippen LogP contribution in [0.2, 0.25) is 0 Å². The SMILES string of the molecule is N#CCC(=O)Nc1cccc2cc(C(=O)O)ccc12. The van der Waals surface area contributed by atoms with Crippen molar-refractivity contribution in [3.05, 3.63) is 42.0 Å². The number of rotatable bonds is 3. The molecule has 2 aromatic carbocycles. The third-order valence-electron chi connectivity index (χ3n) is 2.64. The van der Waals surface area contributed by atoms with Gasteiger partial charge in [0.25, 0.3) is 0 Å². The van der Waals surface area contributed by atoms with E-state index in [0.717, 1.165) is 10.8 Å². The number of carboxylic acid groups (broad SMARTS) is 1. The second-order valence-electron chi connectivity index (χ2n) is 3.93. The zero-order chi connectivity index (χ0) is 13.8. The number of aromatic carboxylic acids is 1. The lowest BCUT2D eigenvalue weighted by Crippen LogP contribution is -2.10. The molecule has 0 unspecified atom stereocenters. The van der Waals surface area contributed by atoms with Crippen LogP contribution in [0.1, 0.15) is 16.8 Å². The normalized spacial score (nSPS) is 9.84. The maximum Gasteiger partial charge on any atom is 0.335 e. The van der Waals surface area contributed by atoms with Crippen molar-refractivity contribution in [3.63, 3.8) is 0 Å². The minimum atomic E-state index is -0.999. The molecule has 0 aliphatic heterocycles. The van der Waals surface area contributed by atoms with E-state index in [-0.39, 0.29) is 12.0 Å². The number of hydrogen-bond acceptors (Lipinski definition) is 3. The maximum absolute atomic E-state index is 11.4. The van der Waals surface area contributed by atoms with Crippen LogP contribution < -0.4 is 5.32 Å². The monoisotopic (exact) mass is 254 g/mol. The number of benzene rings is 2. The highest BCUT2D eigenvalue weighted by molar-refractivity contribution is 6.04. The molecule has 0 spiro atoms. The summed E-state index contributed by atoms with van der Waals surface area (Å²) in [6, 6.07) is 11.6. The van der Waals surface area contributed by atoms with E-state index in [1.165, 1.54) is 12.1 Å². The fourth-order valence-corrected chi connectivity index (χ4v) is 1.79. The van der Waals surface area contributed by atoms with Gasteiger partial charge < -0.3 is 10.4 Å². The minimum absolute atomic E-state index is 0.188. The van der Waals surface area contributed by atoms with Crippen molar-refractivity contribution < 1.29 is 14.7 Å². The summed E-state index contributed by atoms with van der Waals surface area (Å²) in [6.45, 7) is 0. The Morgan fingerprint density at radius 3 is 2.74 bits per heavy atom. The number of anilines is 1. The lowest BCUT2D eigenvalue weighted by atomic mass is 10.1. The van der Waals surface area contributed by atoms with E-state index in [4.69, 9.17) is 10.4 Å². The van der Waals surface area contributed by atoms with Gasteiger partial charge in [0.2, 0.25) is 5.91 Å². The summed E-state index contributed by atoms with van der Waals surface area (Å²) in [4.78, 5) is 22.3. The second-order valence-corrected chi connectivity index (χ2v) is 3.93. The number of nitrogens with one attached hydrogen (secondary N) is 1. The van der Waals surface area contributed by atoms with Crippen LogP contribution in [-0.2, 0) is 4.79 Å². The summed E-state index contributed by atoms with van der Waals surface area (Å²) in [5.74, 6) is -1.39. The molecule has 0 saturated carbocycles. The lowest BCUT2D eigenvalue weighted by Gasteiger charge is -2.08. The largest absolute Gasteiger partial charge is 0.478 e. The first-order chi connectivity index (χ1) is 9.11. The van der Waals surface area contributed by atoms with Gasteiger partial charge in [-0.15, -0.1) is 0 Å². The van der Waals surface area contributed by atoms with Crippen molar-refractivity contribution in [1.82, 2.24) is 0 Å². The molecule has 2 aromatic rings. The number of carbonyl (C=O) groups is 2. The molecule has 0 fully saturated rings. The van der Waals surface area contributed by atoms with Crippen molar-refractivity contribution in [2.24, 2.45) is 0 Å². The Hall–Kier alpha value is -2.87. The standard InChI is InChI=1S/C14H10N2O3/c15-7-6-13(17)16-12-3-1-2-9-8-10(14(18)19)4-5-11(9)12/h1-5,8H,6H2,(H,16,17)(H,18,19). The highest BCUT2D eigenvalue weighted by Crippen LogP contribution is 2.24. The molecule has 0 bridgehead atoms. The third kappa shape index (κ3) is 2.69. The molecule has 0 aliphatic carbocycles. The van der Waals surface area contributed by atoms with Crippen molar-refractivity contribution >= 4 is 28.3 Å². The molecule has 0 aliphatic rings. The van der Waals surface area contributed by atoms with Crippen molar-refractivity contribution in [2.45, 2.75) is 6.42 Å². The molecule has 0 atom stereocenters. The number of nitriles is 1. The molecular weight excluding hydrogens is 244 g/mol. The molecule has 94 valence electrons. The first-order valence-electron chi connectivity index (χ1n) is 5.54. The predicted molar refractivity (Wildman–Crippen MR) is 69.8 cm³/mol. The summed E-state index contributed by atoms with van der Waals surface area (Å²) in [5, 5.41) is 21.5. The van der Waals surface area contributed by atoms with Crippen LogP contribution in [0.3, 0.4) is 0 Å². The second kappa shape index (κ2) is 5.19. The smallest absolute Gasteiger partial charge is 0.335 e. The number of carboxylic acids is 1. The molecule has 0 aromatic heterocycles. The molecule has 0 heterocycles. The molecular formula is C14H10N2O3. The first kappa shape index (κ1) is 12.6. The number of amides is 1. The number of fused-ring (bicyclic) bond motifs is 1. The molecule has 1 amide bonds. The van der Waals surface area contributed by atoms with E-state index < -0.39 is 11.9 Å². The zero-order valence-corrected chi connectivity index (χ0v) is 9.88. The molecule has 0 saturated heterocycles. The summed E-state index contributed by atoms with van der Waals surface area (Å²) in [6.07, 6.45) is -0.219. The van der Waals surface area contributed by atoms with Crippen LogP contribution >= 0.6 is 0 Å². The topological polar surface area (TPSA) is 90.2 Å². The van der Waals surface area contributed by atoms with Gasteiger partial charge >= 0.3 is 5.97 Å². The summed E-state index contributed by atoms with van der Waals surface area (Å²) < 4.78 is 0. The van der Waals surface area contributed by atoms with E-state index >= 15 is 0 Å². The number of carbonyl (C=O) groups excluding carboxylic acids is 1. The summed E-state index contributed by atoms with van der Waals surface area (Å²) >= 11 is 0. The Bertz CT molecular complexity index is 701. The molecule has 2 rings (SSSR count). The number of nitrogens with zero attached hydrogens (tertiary/aromatic N) is 1. The van der Waals surface area contributed by atoms with Gasteiger partial charge in [-0.2, -0.15) is 5.26 Å². The van der Waals surface area contributed by atoms with E-state index in [1.54, 1.807) is 30.3 Å². The minimum Gasteiger partial charge on any atom is -0.478 e. The van der Waals surface area contributed by atoms with Gasteiger partial charge in [0.05, 0.1) is 11.6 Å². The van der Waals surface area contributed by atoms with Gasteiger partial charge in [0.15, 0.2) is 0 Å². The van der Waals surface area contributed by atoms with E-state index in [1.807, 2.05) is 0 Å². The maximum atomic E-state index is 11.4. The van der Waals surface area contributed by atoms with Gasteiger partial charge in [0.1, 0.15) is 6.42 Å². The molecule has 19 heavy (non-hydrogen) atoms. The van der Waals surface area contributed by atoms with E-state index in [9.17, 15) is 9.59 Å². The van der Waals surface area contributed by atoms with Crippen LogP contribution in [0.25, 0.3) is 10.8 Å². The van der Waals surface area contributed by atoms with Crippen LogP contribution in [-0.4, -0.2) is 17.0 Å². The van der Waals surface area contributed by atoms with Gasteiger partial charge in [0, 0.05) is 11.1 Å². The van der Waals surface area contributed by atoms with Crippen molar-refractivity contribution in [2.75, 3.05) is 5.32 Å². The van der Waals surface area contributed by atoms with Gasteiger partial charge in [-0.05, 0) is 23.6 Å². The Labute approximate surface area is 109 Å². The van der Waals surface area contributed by atoms with Gasteiger partial charge in [-0.3, -0.25) is 4.79 Å². The number of hydrogen-bond donors (Lipinski definition) is 2. The zero-order valence-electron chi connectivity index (χ0n) is 9.88. The highest BCUT2D eigenvalue weighted by atomic mass is 16.4. The predicted octanol–water partition coefficient (Wildman–Crippen LogP) is 2.39. The van der Waals surface area contributed by atoms with Crippen molar-refractivity contribution in [3.8, 4) is 6.07 Å². The van der Waals surface area contributed by atoms with Gasteiger partial charge in [-0.1, -0.05) is 18.2 Å². The quantitative estimate of drug-likeness (QED) is 0.879. The molecule has 5 nitrogen and oxygen atoms in total. The Balaban J connectivity index is 2.44. The third-order valence-corrected chi connectivity index (χ3v) is 2.64. The fraction of sp³-hybridized carbons (Fsp3) is 0.0714. The van der Waals surface area contributed by atoms with Crippen LogP contribution in [0.5, 0.6) is 0 Å². The average molecular weight is 254 g/mol. The molecule has 5 heteroatoms. The average Bonchev–Trinajstić information content (AvgIpc) is 2.38. The fourth-order valence-electron chi connectivity index (χ4n) is 1.79. The van der Waals surface area contributed by atoms with Crippen molar-refractivity contribution in [1.29, 1.82) is 5.26 Å². The van der Waals surface area contributed by atoms with Gasteiger partial charge in [-0.25, -0.2) is 4.79 Å². The molecule has 2 N–H and O–H groups in total. The van der Waals surface area contributed by atoms with Crippen LogP contribution in [0.15, 0.2) is 36.4 Å². The summed E-state index contributed by atoms with van der Waals surface area (Å²) in [5.41, 5.74) is 0.752. The Morgan fingerprint density at radius 2 is 2.05 bits per heavy atom. The van der Waals surface area contributed by atoms with Crippen LogP contribution in [0, 0.1) is 11.3 Å². The van der Waals surface area contributed by atoms with Crippen LogP contribution in [0.4, 0.5) is 5.69 Å². The van der Waals surface area contributed by atoms with E-state index in [0.29, 0.717) is 5.69 Å². The highest BCUT2D eigenvalue weighted by Gasteiger charge is 2.08.